The van der Waals surface area contributed by atoms with Crippen molar-refractivity contribution in [3.8, 4) is 0 Å². The van der Waals surface area contributed by atoms with E-state index in [1.165, 1.54) is 6.92 Å². The van der Waals surface area contributed by atoms with Crippen molar-refractivity contribution in [1.82, 2.24) is 10.6 Å². The maximum Gasteiger partial charge on any atom is 0.329 e. The first-order valence-electron chi connectivity index (χ1n) is 8.23. The van der Waals surface area contributed by atoms with Gasteiger partial charge in [-0.15, -0.1) is 0 Å². The van der Waals surface area contributed by atoms with Crippen LogP contribution in [0.3, 0.4) is 0 Å². The number of ether oxygens (including phenoxy) is 1. The predicted octanol–water partition coefficient (Wildman–Crippen LogP) is 1.91. The third kappa shape index (κ3) is 7.17. The topological polar surface area (TPSA) is 84.5 Å². The number of hydrogen-bond donors (Lipinski definition) is 2. The Morgan fingerprint density at radius 3 is 2.60 bits per heavy atom. The van der Waals surface area contributed by atoms with Gasteiger partial charge >= 0.3 is 5.97 Å². The summed E-state index contributed by atoms with van der Waals surface area (Å²) in [6.45, 7) is 5.65. The molecular formula is C18H26N2O4S. The number of carbonyl (C=O) groups is 3. The zero-order valence-corrected chi connectivity index (χ0v) is 15.9. The van der Waals surface area contributed by atoms with Gasteiger partial charge in [-0.25, -0.2) is 4.79 Å². The second-order valence-corrected chi connectivity index (χ2v) is 6.64. The lowest BCUT2D eigenvalue weighted by Gasteiger charge is -2.20. The fraction of sp³-hybridized carbons (Fsp3) is 0.500. The van der Waals surface area contributed by atoms with E-state index in [0.717, 1.165) is 5.56 Å². The van der Waals surface area contributed by atoms with Crippen LogP contribution < -0.4 is 10.6 Å². The minimum atomic E-state index is -0.903. The number of nitrogens with one attached hydrogen (secondary N) is 2. The number of likely N-dealkylation sites (N-methyl/N-ethyl adjacent to an activating group) is 1. The number of carbonyl (C=O) groups excluding carboxylic acids is 3. The van der Waals surface area contributed by atoms with Crippen LogP contribution in [0.5, 0.6) is 0 Å². The van der Waals surface area contributed by atoms with Gasteiger partial charge in [-0.05, 0) is 51.3 Å². The largest absolute Gasteiger partial charge is 0.451 e. The molecule has 0 heterocycles. The molecule has 25 heavy (non-hydrogen) atoms. The highest BCUT2D eigenvalue weighted by atomic mass is 32.2. The molecule has 2 N–H and O–H groups in total. The van der Waals surface area contributed by atoms with Crippen LogP contribution >= 0.6 is 11.8 Å². The van der Waals surface area contributed by atoms with E-state index in [0.29, 0.717) is 24.3 Å². The average molecular weight is 366 g/mol. The monoisotopic (exact) mass is 366 g/mol. The molecule has 0 unspecified atom stereocenters. The summed E-state index contributed by atoms with van der Waals surface area (Å²) in [5, 5.41) is 5.31. The molecule has 1 aromatic carbocycles. The molecule has 0 aliphatic heterocycles. The molecule has 0 spiro atoms. The standard InChI is InChI=1S/C18H26N2O4S/c1-5-19-16(21)13(3)24-18(23)15(9-10-25-4)20-17(22)14-8-6-7-12(2)11-14/h6-8,11,13,15H,5,9-10H2,1-4H3,(H,19,21)(H,20,22)/t13-,15-/m1/s1. The first-order chi connectivity index (χ1) is 11.9. The molecule has 0 fully saturated rings. The summed E-state index contributed by atoms with van der Waals surface area (Å²) in [6, 6.07) is 6.33. The maximum atomic E-state index is 12.4. The zero-order valence-electron chi connectivity index (χ0n) is 15.1. The first kappa shape index (κ1) is 21.0. The lowest BCUT2D eigenvalue weighted by atomic mass is 10.1. The Bertz CT molecular complexity index is 606. The van der Waals surface area contributed by atoms with Crippen molar-refractivity contribution in [2.24, 2.45) is 0 Å². The lowest BCUT2D eigenvalue weighted by Crippen LogP contribution is -2.45. The minimum absolute atomic E-state index is 0.336. The van der Waals surface area contributed by atoms with Gasteiger partial charge in [0, 0.05) is 12.1 Å². The molecule has 0 bridgehead atoms. The Labute approximate surface area is 153 Å². The van der Waals surface area contributed by atoms with Gasteiger partial charge in [-0.3, -0.25) is 9.59 Å². The molecule has 2 atom stereocenters. The Balaban J connectivity index is 2.76. The molecule has 1 rings (SSSR count). The zero-order chi connectivity index (χ0) is 18.8. The summed E-state index contributed by atoms with van der Waals surface area (Å²) >= 11 is 1.57. The van der Waals surface area contributed by atoms with Gasteiger partial charge in [0.05, 0.1) is 0 Å². The van der Waals surface area contributed by atoms with Gasteiger partial charge in [-0.1, -0.05) is 17.7 Å². The van der Waals surface area contributed by atoms with Gasteiger partial charge in [0.25, 0.3) is 11.8 Å². The minimum Gasteiger partial charge on any atom is -0.451 e. The summed E-state index contributed by atoms with van der Waals surface area (Å²) < 4.78 is 5.21. The molecular weight excluding hydrogens is 340 g/mol. The fourth-order valence-electron chi connectivity index (χ4n) is 2.14. The smallest absolute Gasteiger partial charge is 0.329 e. The highest BCUT2D eigenvalue weighted by Gasteiger charge is 2.26. The molecule has 1 aromatic rings. The van der Waals surface area contributed by atoms with Crippen molar-refractivity contribution < 1.29 is 19.1 Å². The van der Waals surface area contributed by atoms with Crippen LogP contribution in [0.25, 0.3) is 0 Å². The van der Waals surface area contributed by atoms with E-state index in [9.17, 15) is 14.4 Å². The second-order valence-electron chi connectivity index (χ2n) is 5.65. The maximum absolute atomic E-state index is 12.4. The summed E-state index contributed by atoms with van der Waals surface area (Å²) in [6.07, 6.45) is 1.45. The van der Waals surface area contributed by atoms with E-state index in [-0.39, 0.29) is 11.8 Å². The summed E-state index contributed by atoms with van der Waals surface area (Å²) in [4.78, 5) is 36.5. The highest BCUT2D eigenvalue weighted by molar-refractivity contribution is 7.98. The first-order valence-corrected chi connectivity index (χ1v) is 9.63. The van der Waals surface area contributed by atoms with E-state index in [2.05, 4.69) is 10.6 Å². The van der Waals surface area contributed by atoms with E-state index < -0.39 is 18.1 Å². The van der Waals surface area contributed by atoms with Crippen LogP contribution in [0, 0.1) is 6.92 Å². The molecule has 2 amide bonds. The normalized spacial score (nSPS) is 12.8. The number of benzene rings is 1. The molecule has 0 aliphatic carbocycles. The van der Waals surface area contributed by atoms with Crippen LogP contribution in [0.4, 0.5) is 0 Å². The van der Waals surface area contributed by atoms with Gasteiger partial charge < -0.3 is 15.4 Å². The second kappa shape index (κ2) is 10.8. The molecule has 0 aromatic heterocycles. The van der Waals surface area contributed by atoms with E-state index in [1.54, 1.807) is 36.9 Å². The predicted molar refractivity (Wildman–Crippen MR) is 99.7 cm³/mol. The van der Waals surface area contributed by atoms with Crippen LogP contribution in [0.15, 0.2) is 24.3 Å². The van der Waals surface area contributed by atoms with Gasteiger partial charge in [0.1, 0.15) is 6.04 Å². The van der Waals surface area contributed by atoms with E-state index in [4.69, 9.17) is 4.74 Å². The highest BCUT2D eigenvalue weighted by Crippen LogP contribution is 2.08. The Kier molecular flexibility index (Phi) is 9.05. The molecule has 138 valence electrons. The van der Waals surface area contributed by atoms with Crippen LogP contribution in [-0.4, -0.2) is 48.5 Å². The lowest BCUT2D eigenvalue weighted by molar-refractivity contribution is -0.156. The van der Waals surface area contributed by atoms with Gasteiger partial charge in [0.2, 0.25) is 0 Å². The summed E-state index contributed by atoms with van der Waals surface area (Å²) in [5.74, 6) is -0.612. The van der Waals surface area contributed by atoms with Crippen LogP contribution in [0.1, 0.15) is 36.2 Å². The van der Waals surface area contributed by atoms with E-state index in [1.807, 2.05) is 19.2 Å². The van der Waals surface area contributed by atoms with Gasteiger partial charge in [-0.2, -0.15) is 11.8 Å². The molecule has 6 nitrogen and oxygen atoms in total. The number of amides is 2. The number of rotatable bonds is 9. The number of hydrogen-bond acceptors (Lipinski definition) is 5. The third-order valence-electron chi connectivity index (χ3n) is 3.49. The summed E-state index contributed by atoms with van der Waals surface area (Å²) in [5.41, 5.74) is 1.44. The van der Waals surface area contributed by atoms with Crippen LogP contribution in [-0.2, 0) is 14.3 Å². The van der Waals surface area contributed by atoms with Crippen molar-refractivity contribution in [2.75, 3.05) is 18.6 Å². The third-order valence-corrected chi connectivity index (χ3v) is 4.14. The van der Waals surface area contributed by atoms with Crippen molar-refractivity contribution in [2.45, 2.75) is 39.3 Å². The molecule has 0 radical (unpaired) electrons. The average Bonchev–Trinajstić information content (AvgIpc) is 2.58. The Morgan fingerprint density at radius 1 is 1.28 bits per heavy atom. The molecule has 0 saturated carbocycles. The number of aryl methyl sites for hydroxylation is 1. The fourth-order valence-corrected chi connectivity index (χ4v) is 2.61. The van der Waals surface area contributed by atoms with E-state index >= 15 is 0 Å². The van der Waals surface area contributed by atoms with Gasteiger partial charge in [0.15, 0.2) is 6.10 Å². The van der Waals surface area contributed by atoms with Crippen molar-refractivity contribution in [1.29, 1.82) is 0 Å². The molecule has 0 aliphatic rings. The molecule has 0 saturated heterocycles. The Hall–Kier alpha value is -2.02. The number of esters is 1. The molecule has 7 heteroatoms. The van der Waals surface area contributed by atoms with Crippen molar-refractivity contribution in [3.05, 3.63) is 35.4 Å². The van der Waals surface area contributed by atoms with Crippen molar-refractivity contribution >= 4 is 29.5 Å². The SMILES string of the molecule is CCNC(=O)[C@@H](C)OC(=O)[C@@H](CCSC)NC(=O)c1cccc(C)c1. The summed E-state index contributed by atoms with van der Waals surface area (Å²) in [7, 11) is 0. The Morgan fingerprint density at radius 2 is 2.00 bits per heavy atom. The van der Waals surface area contributed by atoms with Crippen LogP contribution in [0.2, 0.25) is 0 Å². The van der Waals surface area contributed by atoms with Crippen molar-refractivity contribution in [3.63, 3.8) is 0 Å². The number of thioether (sulfide) groups is 1. The quantitative estimate of drug-likeness (QED) is 0.652.